The van der Waals surface area contributed by atoms with E-state index >= 15 is 0 Å². The topological polar surface area (TPSA) is 43.8 Å². The van der Waals surface area contributed by atoms with Gasteiger partial charge in [0.05, 0.1) is 12.2 Å². The molecule has 2 bridgehead atoms. The largest absolute Gasteiger partial charge is 0.465 e. The van der Waals surface area contributed by atoms with Crippen molar-refractivity contribution in [1.29, 1.82) is 0 Å². The summed E-state index contributed by atoms with van der Waals surface area (Å²) in [5.41, 5.74) is 4.32. The van der Waals surface area contributed by atoms with Crippen LogP contribution in [0.25, 0.3) is 0 Å². The van der Waals surface area contributed by atoms with E-state index in [-0.39, 0.29) is 12.1 Å². The zero-order chi connectivity index (χ0) is 24.5. The Labute approximate surface area is 204 Å². The van der Waals surface area contributed by atoms with Gasteiger partial charge in [0.15, 0.2) is 0 Å². The van der Waals surface area contributed by atoms with Gasteiger partial charge in [-0.2, -0.15) is 0 Å². The average Bonchev–Trinajstić information content (AvgIpc) is 3.07. The van der Waals surface area contributed by atoms with Crippen molar-refractivity contribution >= 4 is 11.8 Å². The van der Waals surface area contributed by atoms with Gasteiger partial charge < -0.3 is 5.11 Å². The summed E-state index contributed by atoms with van der Waals surface area (Å²) in [4.78, 5) is 15.9. The molecular weight excluding hydrogens is 446 g/mol. The van der Waals surface area contributed by atoms with Crippen molar-refractivity contribution in [2.75, 3.05) is 18.0 Å². The fraction of sp³-hybridized carbons (Fsp3) is 0.345. The third-order valence-electron chi connectivity index (χ3n) is 7.65. The van der Waals surface area contributed by atoms with Crippen LogP contribution in [0.3, 0.4) is 0 Å². The average molecular weight is 477 g/mol. The number of amides is 1. The number of nitrogens with zero attached hydrogens (tertiary/aromatic N) is 2. The zero-order valence-corrected chi connectivity index (χ0v) is 19.8. The highest BCUT2D eigenvalue weighted by atomic mass is 19.1. The fourth-order valence-corrected chi connectivity index (χ4v) is 6.23. The number of piperidine rings is 1. The van der Waals surface area contributed by atoms with Gasteiger partial charge in [0, 0.05) is 25.7 Å². The standard InChI is InChI=1S/C29H30F2N2O2/c1-19-26(28-22-10-11-23(28)18-32(17-22)15-20-6-3-2-4-7-20)8-5-9-27(19)33(29(34)35)16-21-12-24(30)14-25(31)13-21/h2-9,12-14,22-23,28H,10-11,15-18H2,1H3,(H,34,35). The lowest BCUT2D eigenvalue weighted by atomic mass is 9.78. The van der Waals surface area contributed by atoms with E-state index in [0.717, 1.165) is 31.3 Å². The molecule has 0 spiro atoms. The lowest BCUT2D eigenvalue weighted by Gasteiger charge is -2.39. The minimum Gasteiger partial charge on any atom is -0.465 e. The molecule has 1 heterocycles. The molecule has 2 atom stereocenters. The molecule has 1 amide bonds. The predicted molar refractivity (Wildman–Crippen MR) is 132 cm³/mol. The number of carbonyl (C=O) groups is 1. The Morgan fingerprint density at radius 2 is 1.60 bits per heavy atom. The van der Waals surface area contributed by atoms with E-state index in [1.54, 1.807) is 6.07 Å². The van der Waals surface area contributed by atoms with Gasteiger partial charge in [-0.05, 0) is 78.0 Å². The minimum atomic E-state index is -1.14. The third kappa shape index (κ3) is 4.94. The van der Waals surface area contributed by atoms with Gasteiger partial charge in [-0.25, -0.2) is 13.6 Å². The van der Waals surface area contributed by atoms with E-state index in [1.807, 2.05) is 19.1 Å². The summed E-state index contributed by atoms with van der Waals surface area (Å²) >= 11 is 0. The van der Waals surface area contributed by atoms with Crippen molar-refractivity contribution in [2.45, 2.75) is 38.8 Å². The molecule has 6 heteroatoms. The number of benzene rings is 3. The Hall–Kier alpha value is -3.25. The second-order valence-electron chi connectivity index (χ2n) is 9.94. The SMILES string of the molecule is Cc1c(C2C3CCC2CN(Cc2ccccc2)C3)cccc1N(Cc1cc(F)cc(F)c1)C(=O)O. The number of anilines is 1. The van der Waals surface area contributed by atoms with E-state index in [1.165, 1.54) is 41.0 Å². The van der Waals surface area contributed by atoms with Crippen LogP contribution in [0.5, 0.6) is 0 Å². The Balaban J connectivity index is 1.39. The summed E-state index contributed by atoms with van der Waals surface area (Å²) in [6, 6.07) is 19.5. The molecule has 3 aromatic carbocycles. The molecule has 0 radical (unpaired) electrons. The second kappa shape index (κ2) is 9.78. The molecule has 1 saturated carbocycles. The molecule has 1 saturated heterocycles. The Morgan fingerprint density at radius 3 is 2.23 bits per heavy atom. The number of fused-ring (bicyclic) bond motifs is 2. The second-order valence-corrected chi connectivity index (χ2v) is 9.94. The summed E-state index contributed by atoms with van der Waals surface area (Å²) < 4.78 is 27.4. The van der Waals surface area contributed by atoms with Crippen molar-refractivity contribution in [1.82, 2.24) is 4.90 Å². The summed E-state index contributed by atoms with van der Waals surface area (Å²) in [5.74, 6) is 0.0255. The molecule has 1 N–H and O–H groups in total. The van der Waals surface area contributed by atoms with Gasteiger partial charge in [-0.15, -0.1) is 0 Å². The predicted octanol–water partition coefficient (Wildman–Crippen LogP) is 6.58. The molecule has 1 aliphatic heterocycles. The van der Waals surface area contributed by atoms with Crippen LogP contribution in [0.2, 0.25) is 0 Å². The first kappa shape index (κ1) is 23.5. The van der Waals surface area contributed by atoms with Gasteiger partial charge in [-0.1, -0.05) is 42.5 Å². The van der Waals surface area contributed by atoms with Crippen LogP contribution in [0.1, 0.15) is 41.0 Å². The van der Waals surface area contributed by atoms with Crippen LogP contribution in [0.4, 0.5) is 19.3 Å². The van der Waals surface area contributed by atoms with E-state index in [0.29, 0.717) is 23.4 Å². The lowest BCUT2D eigenvalue weighted by Crippen LogP contribution is -2.40. The molecule has 4 nitrogen and oxygen atoms in total. The number of carboxylic acid groups (broad SMARTS) is 1. The first-order valence-corrected chi connectivity index (χ1v) is 12.2. The van der Waals surface area contributed by atoms with E-state index < -0.39 is 17.7 Å². The monoisotopic (exact) mass is 476 g/mol. The number of hydrogen-bond donors (Lipinski definition) is 1. The van der Waals surface area contributed by atoms with E-state index in [2.05, 4.69) is 35.2 Å². The van der Waals surface area contributed by atoms with Crippen molar-refractivity contribution < 1.29 is 18.7 Å². The normalized spacial score (nSPS) is 21.7. The maximum Gasteiger partial charge on any atom is 0.412 e. The van der Waals surface area contributed by atoms with Gasteiger partial charge >= 0.3 is 6.09 Å². The Morgan fingerprint density at radius 1 is 0.943 bits per heavy atom. The molecule has 2 fully saturated rings. The zero-order valence-electron chi connectivity index (χ0n) is 19.8. The summed E-state index contributed by atoms with van der Waals surface area (Å²) in [6.07, 6.45) is 1.21. The molecule has 2 unspecified atom stereocenters. The maximum atomic E-state index is 13.7. The number of rotatable bonds is 6. The summed E-state index contributed by atoms with van der Waals surface area (Å²) in [5, 5.41) is 9.98. The van der Waals surface area contributed by atoms with Crippen LogP contribution < -0.4 is 4.90 Å². The lowest BCUT2D eigenvalue weighted by molar-refractivity contribution is 0.138. The van der Waals surface area contributed by atoms with Crippen molar-refractivity contribution in [3.8, 4) is 0 Å². The quantitative estimate of drug-likeness (QED) is 0.437. The van der Waals surface area contributed by atoms with Gasteiger partial charge in [0.2, 0.25) is 0 Å². The molecule has 0 aromatic heterocycles. The van der Waals surface area contributed by atoms with Crippen LogP contribution in [0, 0.1) is 30.4 Å². The number of halogens is 2. The van der Waals surface area contributed by atoms with E-state index in [9.17, 15) is 18.7 Å². The van der Waals surface area contributed by atoms with Crippen LogP contribution in [-0.2, 0) is 13.1 Å². The van der Waals surface area contributed by atoms with Crippen molar-refractivity contribution in [2.24, 2.45) is 11.8 Å². The molecule has 182 valence electrons. The third-order valence-corrected chi connectivity index (χ3v) is 7.65. The smallest absolute Gasteiger partial charge is 0.412 e. The molecular formula is C29H30F2N2O2. The molecule has 2 aliphatic rings. The number of likely N-dealkylation sites (tertiary alicyclic amines) is 1. The van der Waals surface area contributed by atoms with Crippen molar-refractivity contribution in [3.63, 3.8) is 0 Å². The van der Waals surface area contributed by atoms with E-state index in [4.69, 9.17) is 0 Å². The summed E-state index contributed by atoms with van der Waals surface area (Å²) in [7, 11) is 0. The highest BCUT2D eigenvalue weighted by Gasteiger charge is 2.43. The van der Waals surface area contributed by atoms with Crippen LogP contribution >= 0.6 is 0 Å². The first-order valence-electron chi connectivity index (χ1n) is 12.2. The molecule has 1 aliphatic carbocycles. The van der Waals surface area contributed by atoms with Gasteiger partial charge in [-0.3, -0.25) is 9.80 Å². The van der Waals surface area contributed by atoms with Gasteiger partial charge in [0.1, 0.15) is 11.6 Å². The molecule has 35 heavy (non-hydrogen) atoms. The number of hydrogen-bond acceptors (Lipinski definition) is 2. The highest BCUT2D eigenvalue weighted by Crippen LogP contribution is 2.50. The first-order chi connectivity index (χ1) is 16.9. The minimum absolute atomic E-state index is 0.114. The maximum absolute atomic E-state index is 13.7. The van der Waals surface area contributed by atoms with Crippen molar-refractivity contribution in [3.05, 3.63) is 101 Å². The highest BCUT2D eigenvalue weighted by molar-refractivity contribution is 5.87. The fourth-order valence-electron chi connectivity index (χ4n) is 6.23. The Kier molecular flexibility index (Phi) is 6.56. The molecule has 3 aromatic rings. The van der Waals surface area contributed by atoms with Crippen LogP contribution in [0.15, 0.2) is 66.7 Å². The van der Waals surface area contributed by atoms with Gasteiger partial charge in [0.25, 0.3) is 0 Å². The van der Waals surface area contributed by atoms with Crippen LogP contribution in [-0.4, -0.2) is 29.2 Å². The molecule has 5 rings (SSSR count). The Bertz CT molecular complexity index is 1180. The summed E-state index contributed by atoms with van der Waals surface area (Å²) in [6.45, 7) is 4.88.